The van der Waals surface area contributed by atoms with E-state index in [9.17, 15) is 4.79 Å². The molecule has 0 radical (unpaired) electrons. The highest BCUT2D eigenvalue weighted by Gasteiger charge is 2.36. The highest BCUT2D eigenvalue weighted by Crippen LogP contribution is 2.25. The van der Waals surface area contributed by atoms with Crippen LogP contribution in [0.4, 0.5) is 0 Å². The first-order chi connectivity index (χ1) is 9.87. The summed E-state index contributed by atoms with van der Waals surface area (Å²) < 4.78 is 0. The van der Waals surface area contributed by atoms with Crippen molar-refractivity contribution in [2.75, 3.05) is 13.6 Å². The number of rotatable bonds is 4. The molecule has 1 aliphatic rings. The van der Waals surface area contributed by atoms with E-state index in [0.29, 0.717) is 11.5 Å². The third-order valence-corrected chi connectivity index (χ3v) is 3.61. The number of amidine groups is 1. The van der Waals surface area contributed by atoms with Crippen molar-refractivity contribution in [2.45, 2.75) is 19.4 Å². The van der Waals surface area contributed by atoms with Gasteiger partial charge in [0.2, 0.25) is 0 Å². The number of hydrogen-bond donors (Lipinski definition) is 3. The van der Waals surface area contributed by atoms with Crippen molar-refractivity contribution in [3.8, 4) is 0 Å². The van der Waals surface area contributed by atoms with E-state index < -0.39 is 11.5 Å². The fraction of sp³-hybridized carbons (Fsp3) is 0.333. The quantitative estimate of drug-likeness (QED) is 0.571. The second-order valence-electron chi connectivity index (χ2n) is 5.17. The molecule has 1 heterocycles. The van der Waals surface area contributed by atoms with E-state index in [0.717, 1.165) is 17.7 Å². The Labute approximate surface area is 124 Å². The van der Waals surface area contributed by atoms with Crippen molar-refractivity contribution in [3.05, 3.63) is 41.5 Å². The Hall–Kier alpha value is -2.34. The molecule has 0 spiro atoms. The molecule has 0 fully saturated rings. The lowest BCUT2D eigenvalue weighted by atomic mass is 10.0. The summed E-state index contributed by atoms with van der Waals surface area (Å²) in [6, 6.07) is 7.49. The van der Waals surface area contributed by atoms with Gasteiger partial charge in [0, 0.05) is 19.2 Å². The number of benzene rings is 1. The Balaban J connectivity index is 2.21. The molecule has 1 aromatic rings. The summed E-state index contributed by atoms with van der Waals surface area (Å²) >= 11 is 0. The molecule has 1 aliphatic heterocycles. The average Bonchev–Trinajstić information content (AvgIpc) is 2.90. The third-order valence-electron chi connectivity index (χ3n) is 3.61. The molecule has 4 N–H and O–H groups in total. The van der Waals surface area contributed by atoms with Crippen LogP contribution in [0.5, 0.6) is 0 Å². The maximum Gasteiger partial charge on any atom is 0.256 e. The summed E-state index contributed by atoms with van der Waals surface area (Å²) in [6.45, 7) is 4.38. The van der Waals surface area contributed by atoms with Crippen LogP contribution in [0.15, 0.2) is 30.3 Å². The van der Waals surface area contributed by atoms with Gasteiger partial charge in [-0.25, -0.2) is 0 Å². The van der Waals surface area contributed by atoms with E-state index in [2.05, 4.69) is 5.48 Å². The largest absolute Gasteiger partial charge is 0.367 e. The van der Waals surface area contributed by atoms with Gasteiger partial charge in [-0.05, 0) is 25.5 Å². The van der Waals surface area contributed by atoms with Gasteiger partial charge in [0.05, 0.1) is 5.70 Å². The van der Waals surface area contributed by atoms with Crippen LogP contribution in [-0.2, 0) is 9.63 Å². The Morgan fingerprint density at radius 1 is 1.43 bits per heavy atom. The first-order valence-corrected chi connectivity index (χ1v) is 6.74. The van der Waals surface area contributed by atoms with E-state index in [1.807, 2.05) is 43.1 Å². The first kappa shape index (κ1) is 15.1. The number of carbonyl (C=O) groups excluding carboxylic acids is 1. The van der Waals surface area contributed by atoms with Crippen molar-refractivity contribution in [3.63, 3.8) is 0 Å². The number of carbonyl (C=O) groups is 1. The van der Waals surface area contributed by atoms with Crippen molar-refractivity contribution < 1.29 is 9.63 Å². The lowest BCUT2D eigenvalue weighted by Crippen LogP contribution is -2.41. The van der Waals surface area contributed by atoms with Crippen LogP contribution in [0, 0.1) is 5.41 Å². The monoisotopic (exact) mass is 288 g/mol. The number of hydroxylamine groups is 1. The molecule has 6 nitrogen and oxygen atoms in total. The van der Waals surface area contributed by atoms with Crippen LogP contribution >= 0.6 is 0 Å². The lowest BCUT2D eigenvalue weighted by molar-refractivity contribution is -0.138. The molecule has 0 aromatic heterocycles. The maximum atomic E-state index is 11.3. The molecule has 21 heavy (non-hydrogen) atoms. The van der Waals surface area contributed by atoms with Gasteiger partial charge < -0.3 is 10.6 Å². The number of primary amides is 1. The number of amides is 1. The van der Waals surface area contributed by atoms with Crippen molar-refractivity contribution >= 4 is 17.4 Å². The van der Waals surface area contributed by atoms with E-state index >= 15 is 0 Å². The molecular formula is C15H20N4O2. The summed E-state index contributed by atoms with van der Waals surface area (Å²) in [6.07, 6.45) is 1.66. The summed E-state index contributed by atoms with van der Waals surface area (Å²) in [5.41, 5.74) is 9.29. The summed E-state index contributed by atoms with van der Waals surface area (Å²) in [5, 5.41) is 8.04. The number of hydrogen-bond acceptors (Lipinski definition) is 4. The minimum atomic E-state index is -1.14. The number of nitrogens with zero attached hydrogens (tertiary/aromatic N) is 1. The second kappa shape index (κ2) is 5.57. The van der Waals surface area contributed by atoms with Crippen LogP contribution in [0.2, 0.25) is 0 Å². The molecular weight excluding hydrogens is 268 g/mol. The van der Waals surface area contributed by atoms with E-state index in [1.54, 1.807) is 13.0 Å². The van der Waals surface area contributed by atoms with Gasteiger partial charge in [-0.3, -0.25) is 20.5 Å². The van der Waals surface area contributed by atoms with Crippen LogP contribution in [-0.4, -0.2) is 35.8 Å². The lowest BCUT2D eigenvalue weighted by Gasteiger charge is -2.17. The summed E-state index contributed by atoms with van der Waals surface area (Å²) in [5.74, 6) is -0.0800. The molecule has 0 aliphatic carbocycles. The molecule has 2 rings (SSSR count). The predicted octanol–water partition coefficient (Wildman–Crippen LogP) is 1.08. The Morgan fingerprint density at radius 2 is 2.05 bits per heavy atom. The second-order valence-corrected chi connectivity index (χ2v) is 5.17. The van der Waals surface area contributed by atoms with Crippen LogP contribution in [0.25, 0.3) is 5.70 Å². The van der Waals surface area contributed by atoms with E-state index in [1.165, 1.54) is 0 Å². The van der Waals surface area contributed by atoms with Gasteiger partial charge in [0.15, 0.2) is 5.60 Å². The third kappa shape index (κ3) is 2.90. The highest BCUT2D eigenvalue weighted by molar-refractivity contribution is 5.96. The first-order valence-electron chi connectivity index (χ1n) is 6.74. The standard InChI is InChI=1S/C15H20N4O2/c1-4-19(3)13(16)11-7-5-10(6-8-11)12-9-15(2,14(17)20)21-18-12/h5-9,16,18H,4H2,1-3H3,(H2,17,20). The molecule has 1 unspecified atom stereocenters. The minimum absolute atomic E-state index is 0.468. The Kier molecular flexibility index (Phi) is 3.99. The van der Waals surface area contributed by atoms with Gasteiger partial charge in [-0.2, -0.15) is 0 Å². The van der Waals surface area contributed by atoms with Gasteiger partial charge in [0.1, 0.15) is 5.84 Å². The van der Waals surface area contributed by atoms with E-state index in [4.69, 9.17) is 16.0 Å². The zero-order valence-corrected chi connectivity index (χ0v) is 12.4. The molecule has 0 bridgehead atoms. The molecule has 6 heteroatoms. The zero-order chi connectivity index (χ0) is 15.6. The molecule has 1 amide bonds. The predicted molar refractivity (Wildman–Crippen MR) is 81.4 cm³/mol. The summed E-state index contributed by atoms with van der Waals surface area (Å²) in [7, 11) is 1.88. The molecule has 1 aromatic carbocycles. The SMILES string of the molecule is CCN(C)C(=N)c1ccc(C2=CC(C)(C(N)=O)ON2)cc1. The zero-order valence-electron chi connectivity index (χ0n) is 12.4. The van der Waals surface area contributed by atoms with Crippen molar-refractivity contribution in [1.82, 2.24) is 10.4 Å². The van der Waals surface area contributed by atoms with Gasteiger partial charge in [-0.1, -0.05) is 24.3 Å². The Morgan fingerprint density at radius 3 is 2.52 bits per heavy atom. The van der Waals surface area contributed by atoms with E-state index in [-0.39, 0.29) is 0 Å². The normalized spacial score (nSPS) is 20.6. The molecule has 0 saturated heterocycles. The molecule has 1 atom stereocenters. The van der Waals surface area contributed by atoms with Gasteiger partial charge >= 0.3 is 0 Å². The molecule has 0 saturated carbocycles. The number of nitrogens with two attached hydrogens (primary N) is 1. The number of nitrogens with one attached hydrogen (secondary N) is 2. The highest BCUT2D eigenvalue weighted by atomic mass is 16.7. The van der Waals surface area contributed by atoms with Crippen molar-refractivity contribution in [1.29, 1.82) is 5.41 Å². The van der Waals surface area contributed by atoms with Gasteiger partial charge in [-0.15, -0.1) is 0 Å². The van der Waals surface area contributed by atoms with Crippen molar-refractivity contribution in [2.24, 2.45) is 5.73 Å². The fourth-order valence-corrected chi connectivity index (χ4v) is 1.95. The fourth-order valence-electron chi connectivity index (χ4n) is 1.95. The van der Waals surface area contributed by atoms with Crippen LogP contribution < -0.4 is 11.2 Å². The van der Waals surface area contributed by atoms with Crippen LogP contribution in [0.3, 0.4) is 0 Å². The van der Waals surface area contributed by atoms with Gasteiger partial charge in [0.25, 0.3) is 5.91 Å². The molecule has 112 valence electrons. The average molecular weight is 288 g/mol. The topological polar surface area (TPSA) is 91.4 Å². The summed E-state index contributed by atoms with van der Waals surface area (Å²) in [4.78, 5) is 18.4. The Bertz CT molecular complexity index is 594. The minimum Gasteiger partial charge on any atom is -0.367 e. The van der Waals surface area contributed by atoms with Crippen LogP contribution in [0.1, 0.15) is 25.0 Å². The smallest absolute Gasteiger partial charge is 0.256 e. The maximum absolute atomic E-state index is 11.3.